The molecule has 1 saturated heterocycles. The largest absolute Gasteiger partial charge is 0.368 e. The van der Waals surface area contributed by atoms with Gasteiger partial charge >= 0.3 is 0 Å². The van der Waals surface area contributed by atoms with Gasteiger partial charge in [-0.3, -0.25) is 0 Å². The SMILES string of the molecule is CCCNC1CCN(c2cc(Cl)ccc2C)C(C)C1. The number of halogens is 1. The fourth-order valence-corrected chi connectivity index (χ4v) is 3.12. The van der Waals surface area contributed by atoms with Crippen molar-refractivity contribution in [2.75, 3.05) is 18.0 Å². The zero-order chi connectivity index (χ0) is 13.8. The average Bonchev–Trinajstić information content (AvgIpc) is 2.40. The zero-order valence-corrected chi connectivity index (χ0v) is 13.0. The van der Waals surface area contributed by atoms with Crippen LogP contribution in [-0.4, -0.2) is 25.2 Å². The Morgan fingerprint density at radius 2 is 2.21 bits per heavy atom. The van der Waals surface area contributed by atoms with Crippen molar-refractivity contribution in [3.8, 4) is 0 Å². The van der Waals surface area contributed by atoms with Crippen LogP contribution < -0.4 is 10.2 Å². The lowest BCUT2D eigenvalue weighted by Crippen LogP contribution is -2.47. The van der Waals surface area contributed by atoms with E-state index >= 15 is 0 Å². The van der Waals surface area contributed by atoms with Crippen LogP contribution in [0.25, 0.3) is 0 Å². The molecule has 1 N–H and O–H groups in total. The number of anilines is 1. The molecule has 106 valence electrons. The Hall–Kier alpha value is -0.730. The minimum Gasteiger partial charge on any atom is -0.368 e. The van der Waals surface area contributed by atoms with Gasteiger partial charge in [0.1, 0.15) is 0 Å². The number of nitrogens with zero attached hydrogens (tertiary/aromatic N) is 1. The third kappa shape index (κ3) is 3.64. The molecule has 0 amide bonds. The highest BCUT2D eigenvalue weighted by molar-refractivity contribution is 6.30. The maximum atomic E-state index is 6.14. The quantitative estimate of drug-likeness (QED) is 0.897. The number of hydrogen-bond acceptors (Lipinski definition) is 2. The van der Waals surface area contributed by atoms with E-state index < -0.39 is 0 Å². The molecule has 1 aromatic carbocycles. The Kier molecular flexibility index (Phi) is 5.12. The van der Waals surface area contributed by atoms with E-state index in [1.54, 1.807) is 0 Å². The van der Waals surface area contributed by atoms with Crippen molar-refractivity contribution in [2.45, 2.75) is 52.1 Å². The summed E-state index contributed by atoms with van der Waals surface area (Å²) in [6, 6.07) is 7.44. The Bertz CT molecular complexity index is 419. The van der Waals surface area contributed by atoms with Gasteiger partial charge in [-0.2, -0.15) is 0 Å². The van der Waals surface area contributed by atoms with E-state index in [9.17, 15) is 0 Å². The molecule has 0 aromatic heterocycles. The first kappa shape index (κ1) is 14.7. The highest BCUT2D eigenvalue weighted by Gasteiger charge is 2.25. The summed E-state index contributed by atoms with van der Waals surface area (Å²) in [6.07, 6.45) is 3.64. The van der Waals surface area contributed by atoms with Crippen LogP contribution in [0.1, 0.15) is 38.7 Å². The summed E-state index contributed by atoms with van der Waals surface area (Å²) in [5, 5.41) is 4.48. The molecule has 1 aromatic rings. The molecule has 0 aliphatic carbocycles. The number of hydrogen-bond donors (Lipinski definition) is 1. The molecule has 3 heteroatoms. The summed E-state index contributed by atoms with van der Waals surface area (Å²) in [5.74, 6) is 0. The second-order valence-electron chi connectivity index (χ2n) is 5.65. The molecule has 19 heavy (non-hydrogen) atoms. The lowest BCUT2D eigenvalue weighted by molar-refractivity contribution is 0.368. The second-order valence-corrected chi connectivity index (χ2v) is 6.09. The van der Waals surface area contributed by atoms with Crippen molar-refractivity contribution in [1.82, 2.24) is 5.32 Å². The summed E-state index contributed by atoms with van der Waals surface area (Å²) in [6.45, 7) is 8.96. The first-order valence-corrected chi connectivity index (χ1v) is 7.75. The van der Waals surface area contributed by atoms with Gasteiger partial charge in [-0.25, -0.2) is 0 Å². The molecule has 2 nitrogen and oxygen atoms in total. The molecular weight excluding hydrogens is 256 g/mol. The van der Waals surface area contributed by atoms with E-state index in [1.807, 2.05) is 6.07 Å². The van der Waals surface area contributed by atoms with Crippen LogP contribution in [0.5, 0.6) is 0 Å². The molecule has 0 spiro atoms. The van der Waals surface area contributed by atoms with Gasteiger partial charge in [-0.05, 0) is 57.4 Å². The van der Waals surface area contributed by atoms with Gasteiger partial charge in [-0.15, -0.1) is 0 Å². The summed E-state index contributed by atoms with van der Waals surface area (Å²) in [7, 11) is 0. The molecule has 1 heterocycles. The van der Waals surface area contributed by atoms with Crippen LogP contribution in [0.2, 0.25) is 5.02 Å². The Balaban J connectivity index is 2.05. The molecule has 1 aliphatic heterocycles. The highest BCUT2D eigenvalue weighted by Crippen LogP contribution is 2.30. The molecule has 2 unspecified atom stereocenters. The van der Waals surface area contributed by atoms with Crippen molar-refractivity contribution in [3.63, 3.8) is 0 Å². The zero-order valence-electron chi connectivity index (χ0n) is 12.2. The monoisotopic (exact) mass is 280 g/mol. The topological polar surface area (TPSA) is 15.3 Å². The van der Waals surface area contributed by atoms with Crippen molar-refractivity contribution in [2.24, 2.45) is 0 Å². The third-order valence-corrected chi connectivity index (χ3v) is 4.27. The highest BCUT2D eigenvalue weighted by atomic mass is 35.5. The molecule has 1 fully saturated rings. The fourth-order valence-electron chi connectivity index (χ4n) is 2.96. The van der Waals surface area contributed by atoms with Crippen LogP contribution in [0, 0.1) is 6.92 Å². The number of rotatable bonds is 4. The molecule has 0 bridgehead atoms. The second kappa shape index (κ2) is 6.62. The van der Waals surface area contributed by atoms with Crippen LogP contribution in [0.3, 0.4) is 0 Å². The predicted molar refractivity (Wildman–Crippen MR) is 84.3 cm³/mol. The number of benzene rings is 1. The summed E-state index contributed by atoms with van der Waals surface area (Å²) < 4.78 is 0. The molecule has 0 radical (unpaired) electrons. The van der Waals surface area contributed by atoms with Crippen molar-refractivity contribution in [1.29, 1.82) is 0 Å². The minimum absolute atomic E-state index is 0.570. The normalized spacial score (nSPS) is 23.7. The lowest BCUT2D eigenvalue weighted by atomic mass is 9.96. The van der Waals surface area contributed by atoms with E-state index in [0.717, 1.165) is 18.1 Å². The fraction of sp³-hybridized carbons (Fsp3) is 0.625. The van der Waals surface area contributed by atoms with E-state index in [1.165, 1.54) is 30.5 Å². The van der Waals surface area contributed by atoms with E-state index in [0.29, 0.717) is 12.1 Å². The maximum Gasteiger partial charge on any atom is 0.0426 e. The van der Waals surface area contributed by atoms with Crippen LogP contribution in [0.15, 0.2) is 18.2 Å². The smallest absolute Gasteiger partial charge is 0.0426 e. The maximum absolute atomic E-state index is 6.14. The van der Waals surface area contributed by atoms with Gasteiger partial charge < -0.3 is 10.2 Å². The molecular formula is C16H25ClN2. The summed E-state index contributed by atoms with van der Waals surface area (Å²) >= 11 is 6.14. The summed E-state index contributed by atoms with van der Waals surface area (Å²) in [4.78, 5) is 2.51. The number of nitrogens with one attached hydrogen (secondary N) is 1. The Morgan fingerprint density at radius 3 is 2.89 bits per heavy atom. The van der Waals surface area contributed by atoms with Crippen LogP contribution in [0.4, 0.5) is 5.69 Å². The average molecular weight is 281 g/mol. The van der Waals surface area contributed by atoms with Gasteiger partial charge in [0.05, 0.1) is 0 Å². The van der Waals surface area contributed by atoms with Gasteiger partial charge in [0.25, 0.3) is 0 Å². The van der Waals surface area contributed by atoms with Gasteiger partial charge in [0, 0.05) is 29.3 Å². The molecule has 2 atom stereocenters. The van der Waals surface area contributed by atoms with Crippen LogP contribution in [-0.2, 0) is 0 Å². The van der Waals surface area contributed by atoms with Gasteiger partial charge in [-0.1, -0.05) is 24.6 Å². The predicted octanol–water partition coefficient (Wildman–Crippen LogP) is 4.01. The van der Waals surface area contributed by atoms with Crippen molar-refractivity contribution >= 4 is 17.3 Å². The van der Waals surface area contributed by atoms with E-state index in [4.69, 9.17) is 11.6 Å². The minimum atomic E-state index is 0.570. The van der Waals surface area contributed by atoms with E-state index in [2.05, 4.69) is 43.1 Å². The lowest BCUT2D eigenvalue weighted by Gasteiger charge is -2.40. The van der Waals surface area contributed by atoms with Crippen LogP contribution >= 0.6 is 11.6 Å². The molecule has 0 saturated carbocycles. The standard InChI is InChI=1S/C16H25ClN2/c1-4-8-18-15-7-9-19(13(3)10-15)16-11-14(17)6-5-12(16)2/h5-6,11,13,15,18H,4,7-10H2,1-3H3. The molecule has 2 rings (SSSR count). The van der Waals surface area contributed by atoms with Crippen molar-refractivity contribution in [3.05, 3.63) is 28.8 Å². The Labute approximate surface area is 122 Å². The van der Waals surface area contributed by atoms with E-state index in [-0.39, 0.29) is 0 Å². The van der Waals surface area contributed by atoms with Gasteiger partial charge in [0.15, 0.2) is 0 Å². The Morgan fingerprint density at radius 1 is 1.42 bits per heavy atom. The first-order chi connectivity index (χ1) is 9.11. The first-order valence-electron chi connectivity index (χ1n) is 7.38. The molecule has 1 aliphatic rings. The van der Waals surface area contributed by atoms with Crippen molar-refractivity contribution < 1.29 is 0 Å². The number of piperidine rings is 1. The third-order valence-electron chi connectivity index (χ3n) is 4.04. The number of aryl methyl sites for hydroxylation is 1. The summed E-state index contributed by atoms with van der Waals surface area (Å²) in [5.41, 5.74) is 2.62. The van der Waals surface area contributed by atoms with Gasteiger partial charge in [0.2, 0.25) is 0 Å².